The van der Waals surface area contributed by atoms with Gasteiger partial charge in [-0.2, -0.15) is 0 Å². The molecule has 0 fully saturated rings. The number of hydrogen-bond acceptors (Lipinski definition) is 4. The number of benzene rings is 1. The van der Waals surface area contributed by atoms with Gasteiger partial charge in [0, 0.05) is 10.8 Å². The van der Waals surface area contributed by atoms with Gasteiger partial charge in [0.25, 0.3) is 0 Å². The molecule has 2 rings (SSSR count). The standard InChI is InChI=1S/C15H17ClN2OS/c1-10(2)15-17-9-13(11(8-16)18-15)19-12-6-4-5-7-14(12)20-3/h4-7,9-10H,8H2,1-3H3. The molecule has 0 aliphatic rings. The van der Waals surface area contributed by atoms with Gasteiger partial charge in [-0.1, -0.05) is 26.0 Å². The number of thioether (sulfide) groups is 1. The highest BCUT2D eigenvalue weighted by atomic mass is 35.5. The fourth-order valence-corrected chi connectivity index (χ4v) is 2.42. The maximum Gasteiger partial charge on any atom is 0.168 e. The monoisotopic (exact) mass is 308 g/mol. The predicted octanol–water partition coefficient (Wildman–Crippen LogP) is 4.85. The first-order valence-corrected chi connectivity index (χ1v) is 8.14. The Labute approximate surface area is 128 Å². The van der Waals surface area contributed by atoms with Crippen molar-refractivity contribution >= 4 is 23.4 Å². The van der Waals surface area contributed by atoms with Gasteiger partial charge in [0.05, 0.1) is 12.1 Å². The second-order valence-corrected chi connectivity index (χ2v) is 5.70. The summed E-state index contributed by atoms with van der Waals surface area (Å²) >= 11 is 7.61. The Hall–Kier alpha value is -1.26. The molecule has 1 aromatic heterocycles. The van der Waals surface area contributed by atoms with Crippen LogP contribution in [-0.4, -0.2) is 16.2 Å². The number of para-hydroxylation sites is 1. The molecule has 0 aliphatic heterocycles. The van der Waals surface area contributed by atoms with Crippen LogP contribution in [0.5, 0.6) is 11.5 Å². The lowest BCUT2D eigenvalue weighted by atomic mass is 10.2. The maximum absolute atomic E-state index is 5.97. The lowest BCUT2D eigenvalue weighted by Gasteiger charge is -2.13. The third-order valence-corrected chi connectivity index (χ3v) is 3.81. The Morgan fingerprint density at radius 3 is 2.65 bits per heavy atom. The number of nitrogens with zero attached hydrogens (tertiary/aromatic N) is 2. The van der Waals surface area contributed by atoms with Crippen LogP contribution in [0.3, 0.4) is 0 Å². The van der Waals surface area contributed by atoms with Crippen LogP contribution < -0.4 is 4.74 Å². The molecular formula is C15H17ClN2OS. The molecule has 20 heavy (non-hydrogen) atoms. The molecule has 106 valence electrons. The lowest BCUT2D eigenvalue weighted by Crippen LogP contribution is -2.02. The first-order chi connectivity index (χ1) is 9.65. The summed E-state index contributed by atoms with van der Waals surface area (Å²) < 4.78 is 5.93. The minimum atomic E-state index is 0.268. The average Bonchev–Trinajstić information content (AvgIpc) is 2.48. The summed E-state index contributed by atoms with van der Waals surface area (Å²) in [5.41, 5.74) is 0.723. The van der Waals surface area contributed by atoms with E-state index in [4.69, 9.17) is 16.3 Å². The van der Waals surface area contributed by atoms with Gasteiger partial charge in [0.1, 0.15) is 17.3 Å². The summed E-state index contributed by atoms with van der Waals surface area (Å²) in [6.45, 7) is 4.10. The highest BCUT2D eigenvalue weighted by Gasteiger charge is 2.12. The molecule has 0 atom stereocenters. The summed E-state index contributed by atoms with van der Waals surface area (Å²) in [7, 11) is 0. The van der Waals surface area contributed by atoms with Crippen LogP contribution in [0, 0.1) is 0 Å². The van der Waals surface area contributed by atoms with Crippen LogP contribution >= 0.6 is 23.4 Å². The van der Waals surface area contributed by atoms with E-state index in [0.29, 0.717) is 11.6 Å². The van der Waals surface area contributed by atoms with Crippen molar-refractivity contribution in [3.8, 4) is 11.5 Å². The summed E-state index contributed by atoms with van der Waals surface area (Å²) in [6.07, 6.45) is 3.72. The topological polar surface area (TPSA) is 35.0 Å². The third kappa shape index (κ3) is 3.44. The van der Waals surface area contributed by atoms with Crippen molar-refractivity contribution in [2.75, 3.05) is 6.26 Å². The molecule has 0 radical (unpaired) electrons. The van der Waals surface area contributed by atoms with Gasteiger partial charge in [-0.15, -0.1) is 23.4 Å². The maximum atomic E-state index is 5.97. The fraction of sp³-hybridized carbons (Fsp3) is 0.333. The van der Waals surface area contributed by atoms with Gasteiger partial charge in [-0.25, -0.2) is 9.97 Å². The largest absolute Gasteiger partial charge is 0.453 e. The van der Waals surface area contributed by atoms with Crippen LogP contribution in [0.1, 0.15) is 31.3 Å². The van der Waals surface area contributed by atoms with Gasteiger partial charge in [-0.05, 0) is 18.4 Å². The summed E-state index contributed by atoms with van der Waals surface area (Å²) in [5.74, 6) is 2.77. The number of ether oxygens (including phenoxy) is 1. The number of alkyl halides is 1. The van der Waals surface area contributed by atoms with Crippen molar-refractivity contribution in [2.24, 2.45) is 0 Å². The van der Waals surface area contributed by atoms with E-state index >= 15 is 0 Å². The molecule has 5 heteroatoms. The normalized spacial score (nSPS) is 10.8. The summed E-state index contributed by atoms with van der Waals surface area (Å²) in [5, 5.41) is 0. The molecular weight excluding hydrogens is 292 g/mol. The molecule has 0 bridgehead atoms. The van der Waals surface area contributed by atoms with E-state index in [0.717, 1.165) is 22.2 Å². The van der Waals surface area contributed by atoms with Crippen LogP contribution in [0.4, 0.5) is 0 Å². The SMILES string of the molecule is CSc1ccccc1Oc1cnc(C(C)C)nc1CCl. The Morgan fingerprint density at radius 1 is 1.25 bits per heavy atom. The first kappa shape index (κ1) is 15.1. The van der Waals surface area contributed by atoms with Crippen LogP contribution in [-0.2, 0) is 5.88 Å². The van der Waals surface area contributed by atoms with Crippen molar-refractivity contribution in [3.63, 3.8) is 0 Å². The molecule has 0 aliphatic carbocycles. The average molecular weight is 309 g/mol. The van der Waals surface area contributed by atoms with E-state index in [1.807, 2.05) is 30.5 Å². The van der Waals surface area contributed by atoms with Crippen LogP contribution in [0.25, 0.3) is 0 Å². The Kier molecular flexibility index (Phi) is 5.26. The second-order valence-electron chi connectivity index (χ2n) is 4.58. The molecule has 0 unspecified atom stereocenters. The Morgan fingerprint density at radius 2 is 2.00 bits per heavy atom. The zero-order valence-electron chi connectivity index (χ0n) is 11.8. The van der Waals surface area contributed by atoms with E-state index in [1.54, 1.807) is 18.0 Å². The minimum absolute atomic E-state index is 0.268. The fourth-order valence-electron chi connectivity index (χ4n) is 1.70. The van der Waals surface area contributed by atoms with Crippen molar-refractivity contribution in [2.45, 2.75) is 30.5 Å². The zero-order chi connectivity index (χ0) is 14.5. The number of aromatic nitrogens is 2. The number of rotatable bonds is 5. The molecule has 0 saturated carbocycles. The van der Waals surface area contributed by atoms with E-state index in [1.165, 1.54) is 0 Å². The quantitative estimate of drug-likeness (QED) is 0.584. The predicted molar refractivity (Wildman–Crippen MR) is 84.0 cm³/mol. The molecule has 0 N–H and O–H groups in total. The first-order valence-electron chi connectivity index (χ1n) is 6.38. The van der Waals surface area contributed by atoms with Crippen LogP contribution in [0.2, 0.25) is 0 Å². The summed E-state index contributed by atoms with van der Waals surface area (Å²) in [6, 6.07) is 7.88. The van der Waals surface area contributed by atoms with Gasteiger partial charge in [0.15, 0.2) is 5.75 Å². The van der Waals surface area contributed by atoms with Crippen molar-refractivity contribution in [1.29, 1.82) is 0 Å². The van der Waals surface area contributed by atoms with Gasteiger partial charge in [0.2, 0.25) is 0 Å². The highest BCUT2D eigenvalue weighted by molar-refractivity contribution is 7.98. The molecule has 2 aromatic rings. The molecule has 0 amide bonds. The molecule has 1 heterocycles. The Balaban J connectivity index is 2.33. The second kappa shape index (κ2) is 6.95. The van der Waals surface area contributed by atoms with Crippen molar-refractivity contribution < 1.29 is 4.74 Å². The van der Waals surface area contributed by atoms with Crippen LogP contribution in [0.15, 0.2) is 35.4 Å². The van der Waals surface area contributed by atoms with E-state index < -0.39 is 0 Å². The highest BCUT2D eigenvalue weighted by Crippen LogP contribution is 2.32. The lowest BCUT2D eigenvalue weighted by molar-refractivity contribution is 0.459. The molecule has 0 saturated heterocycles. The van der Waals surface area contributed by atoms with Gasteiger partial charge < -0.3 is 4.74 Å². The van der Waals surface area contributed by atoms with Crippen molar-refractivity contribution in [1.82, 2.24) is 9.97 Å². The van der Waals surface area contributed by atoms with Crippen molar-refractivity contribution in [3.05, 3.63) is 42.0 Å². The summed E-state index contributed by atoms with van der Waals surface area (Å²) in [4.78, 5) is 9.87. The van der Waals surface area contributed by atoms with Gasteiger partial charge >= 0.3 is 0 Å². The van der Waals surface area contributed by atoms with E-state index in [2.05, 4.69) is 23.8 Å². The minimum Gasteiger partial charge on any atom is -0.453 e. The van der Waals surface area contributed by atoms with Gasteiger partial charge in [-0.3, -0.25) is 0 Å². The zero-order valence-corrected chi connectivity index (χ0v) is 13.3. The van der Waals surface area contributed by atoms with E-state index in [9.17, 15) is 0 Å². The molecule has 3 nitrogen and oxygen atoms in total. The third-order valence-electron chi connectivity index (χ3n) is 2.78. The number of halogens is 1. The van der Waals surface area contributed by atoms with E-state index in [-0.39, 0.29) is 5.92 Å². The smallest absolute Gasteiger partial charge is 0.168 e. The molecule has 0 spiro atoms. The Bertz CT molecular complexity index is 590. The number of hydrogen-bond donors (Lipinski definition) is 0. The molecule has 1 aromatic carbocycles.